The van der Waals surface area contributed by atoms with Gasteiger partial charge >= 0.3 is 41.9 Å². The maximum absolute atomic E-state index is 13.7. The van der Waals surface area contributed by atoms with Crippen LogP contribution in [-0.2, 0) is 40.7 Å². The molecule has 99 heavy (non-hydrogen) atoms. The van der Waals surface area contributed by atoms with E-state index in [9.17, 15) is 43.9 Å². The summed E-state index contributed by atoms with van der Waals surface area (Å²) >= 11 is 0. The molecule has 532 valence electrons. The van der Waals surface area contributed by atoms with Gasteiger partial charge in [-0.05, 0) is 211 Å². The zero-order valence-corrected chi connectivity index (χ0v) is 61.0. The molecule has 0 unspecified atom stereocenters. The standard InChI is InChI=1S/2C24H25O2S.2C15H21F5NO.Na/c2*1-4-25-15-16-26-24-19(2)17-23(18-20(24)3)27(21-11-7-5-8-12-21)22-13-9-6-10-14-22;2*16-14(17,7-21-8-15(18,19)20)9-22-13-4-10-1-11(5-13)3-12(2-10)6-13;/h2*4-14,17-18H,1,15-16H2,2-3H3;2*10-12H,1-9H2;/q2*+1;2*-1;+1. The topological polar surface area (TPSA) is 83.6 Å². The number of rotatable bonds is 28. The van der Waals surface area contributed by atoms with Gasteiger partial charge in [0.15, 0.2) is 29.4 Å². The summed E-state index contributed by atoms with van der Waals surface area (Å²) in [6, 6.07) is 51.8. The van der Waals surface area contributed by atoms with Crippen molar-refractivity contribution in [2.45, 2.75) is 170 Å². The number of hydrogen-bond donors (Lipinski definition) is 0. The van der Waals surface area contributed by atoms with Gasteiger partial charge in [0.25, 0.3) is 11.8 Å². The van der Waals surface area contributed by atoms with Crippen LogP contribution in [0.1, 0.15) is 99.3 Å². The van der Waals surface area contributed by atoms with Crippen molar-refractivity contribution in [3.8, 4) is 11.5 Å². The molecule has 0 aliphatic heterocycles. The fourth-order valence-electron chi connectivity index (χ4n) is 15.8. The molecule has 6 aromatic carbocycles. The van der Waals surface area contributed by atoms with Crippen LogP contribution >= 0.6 is 0 Å². The first-order valence-corrected chi connectivity index (χ1v) is 36.2. The van der Waals surface area contributed by atoms with Crippen molar-refractivity contribution < 1.29 is 102 Å². The molecular formula is C78H92F10N2NaO6S2+. The summed E-state index contributed by atoms with van der Waals surface area (Å²) in [4.78, 5) is 7.87. The molecule has 8 aliphatic rings. The van der Waals surface area contributed by atoms with Crippen LogP contribution in [0.2, 0.25) is 0 Å². The molecule has 8 bridgehead atoms. The largest absolute Gasteiger partial charge is 1.00 e. The quantitative estimate of drug-likeness (QED) is 0.0160. The summed E-state index contributed by atoms with van der Waals surface area (Å²) in [5.74, 6) is -1.30. The van der Waals surface area contributed by atoms with E-state index in [0.717, 1.165) is 72.3 Å². The fourth-order valence-corrected chi connectivity index (χ4v) is 20.4. The number of aryl methyl sites for hydroxylation is 4. The van der Waals surface area contributed by atoms with Gasteiger partial charge in [0.2, 0.25) is 0 Å². The molecule has 21 heteroatoms. The van der Waals surface area contributed by atoms with Gasteiger partial charge in [-0.1, -0.05) is 112 Å². The molecule has 8 saturated carbocycles. The molecule has 0 spiro atoms. The monoisotopic (exact) mass is 1430 g/mol. The number of hydrogen-bond acceptors (Lipinski definition) is 6. The third-order valence-corrected chi connectivity index (χ3v) is 23.2. The van der Waals surface area contributed by atoms with Gasteiger partial charge in [-0.2, -0.15) is 26.3 Å². The second-order valence-corrected chi connectivity index (χ2v) is 31.3. The van der Waals surface area contributed by atoms with Crippen molar-refractivity contribution in [3.63, 3.8) is 0 Å². The van der Waals surface area contributed by atoms with E-state index >= 15 is 0 Å². The summed E-state index contributed by atoms with van der Waals surface area (Å²) in [6.45, 7) is 10.6. The molecule has 6 aromatic rings. The predicted octanol–water partition coefficient (Wildman–Crippen LogP) is 18.0. The zero-order chi connectivity index (χ0) is 70.1. The Morgan fingerprint density at radius 2 is 0.646 bits per heavy atom. The van der Waals surface area contributed by atoms with Crippen LogP contribution in [0.15, 0.2) is 201 Å². The summed E-state index contributed by atoms with van der Waals surface area (Å²) in [7, 11) is -0.291. The summed E-state index contributed by atoms with van der Waals surface area (Å²) < 4.78 is 160. The van der Waals surface area contributed by atoms with E-state index in [1.165, 1.54) is 80.4 Å². The van der Waals surface area contributed by atoms with E-state index in [1.807, 2.05) is 0 Å². The predicted molar refractivity (Wildman–Crippen MR) is 367 cm³/mol. The Morgan fingerprint density at radius 1 is 0.394 bits per heavy atom. The van der Waals surface area contributed by atoms with E-state index in [4.69, 9.17) is 28.4 Å². The van der Waals surface area contributed by atoms with Crippen LogP contribution in [0.25, 0.3) is 10.6 Å². The molecule has 8 fully saturated rings. The third kappa shape index (κ3) is 24.0. The first kappa shape index (κ1) is 79.5. The fraction of sp³-hybridized carbons (Fsp3) is 0.487. The van der Waals surface area contributed by atoms with E-state index in [-0.39, 0.29) is 51.3 Å². The molecule has 8 nitrogen and oxygen atoms in total. The van der Waals surface area contributed by atoms with Gasteiger partial charge < -0.3 is 39.1 Å². The minimum absolute atomic E-state index is 0. The molecule has 14 rings (SSSR count). The second-order valence-electron chi connectivity index (χ2n) is 27.2. The van der Waals surface area contributed by atoms with Gasteiger partial charge in [0, 0.05) is 24.3 Å². The van der Waals surface area contributed by atoms with Crippen molar-refractivity contribution in [2.24, 2.45) is 35.5 Å². The Hall–Kier alpha value is -5.16. The molecule has 0 saturated heterocycles. The molecule has 8 aliphatic carbocycles. The molecule has 0 amide bonds. The van der Waals surface area contributed by atoms with Crippen LogP contribution in [0, 0.1) is 63.2 Å². The molecule has 0 aromatic heterocycles. The maximum Gasteiger partial charge on any atom is 1.00 e. The Labute approximate surface area is 606 Å². The molecule has 0 heterocycles. The molecule has 0 radical (unpaired) electrons. The minimum Gasteiger partial charge on any atom is -0.650 e. The van der Waals surface area contributed by atoms with Gasteiger partial charge in [0.1, 0.15) is 51.1 Å². The summed E-state index contributed by atoms with van der Waals surface area (Å²) in [5.41, 5.74) is 3.67. The zero-order valence-electron chi connectivity index (χ0n) is 57.4. The van der Waals surface area contributed by atoms with Crippen molar-refractivity contribution >= 4 is 21.8 Å². The third-order valence-electron chi connectivity index (χ3n) is 18.8. The van der Waals surface area contributed by atoms with Crippen LogP contribution in [0.4, 0.5) is 43.9 Å². The number of ether oxygens (including phenoxy) is 6. The average molecular weight is 1430 g/mol. The van der Waals surface area contributed by atoms with Gasteiger partial charge in [0.05, 0.1) is 45.5 Å². The van der Waals surface area contributed by atoms with Crippen LogP contribution < -0.4 is 39.0 Å². The Balaban J connectivity index is 0.000000168. The van der Waals surface area contributed by atoms with E-state index < -0.39 is 74.8 Å². The number of benzene rings is 6. The minimum atomic E-state index is -4.53. The Bertz CT molecular complexity index is 3040. The van der Waals surface area contributed by atoms with Gasteiger partial charge in [-0.25, -0.2) is 17.6 Å². The Morgan fingerprint density at radius 3 is 0.879 bits per heavy atom. The van der Waals surface area contributed by atoms with E-state index in [0.29, 0.717) is 61.9 Å². The second kappa shape index (κ2) is 36.3. The first-order valence-electron chi connectivity index (χ1n) is 33.8. The number of nitrogens with zero attached hydrogens (tertiary/aromatic N) is 2. The number of alkyl halides is 10. The average Bonchev–Trinajstić information content (AvgIpc) is 0.747. The van der Waals surface area contributed by atoms with Crippen LogP contribution in [0.5, 0.6) is 11.5 Å². The molecule has 0 N–H and O–H groups in total. The maximum atomic E-state index is 13.7. The van der Waals surface area contributed by atoms with Crippen molar-refractivity contribution in [3.05, 3.63) is 204 Å². The molecular weight excluding hydrogens is 1340 g/mol. The van der Waals surface area contributed by atoms with Crippen LogP contribution in [0.3, 0.4) is 0 Å². The summed E-state index contributed by atoms with van der Waals surface area (Å²) in [6.07, 6.45) is 5.87. The van der Waals surface area contributed by atoms with Crippen molar-refractivity contribution in [1.29, 1.82) is 0 Å². The normalized spacial score (nSPS) is 22.6. The van der Waals surface area contributed by atoms with Crippen molar-refractivity contribution in [2.75, 3.05) is 65.8 Å². The SMILES string of the molecule is C=COCCOc1c(C)cc([S+](c2ccccc2)c2ccccc2)cc1C.C=COCCOc1c(C)cc([S+](c2ccccc2)c2ccccc2)cc1C.FC(F)(F)C[N-]CC(F)(F)COC12CC3CC(CC(C3)C1)C2.FC(F)(F)C[N-]CC(F)(F)COC12CC3CC(CC(C3)C1)C2.[Na+]. The Kier molecular flexibility index (Phi) is 29.2. The van der Waals surface area contributed by atoms with Gasteiger partial charge in [-0.3, -0.25) is 0 Å². The number of halogens is 10. The molecule has 0 atom stereocenters. The summed E-state index contributed by atoms with van der Waals surface area (Å²) in [5, 5.41) is 5.85. The smallest absolute Gasteiger partial charge is 0.650 e. The van der Waals surface area contributed by atoms with E-state index in [1.54, 1.807) is 0 Å². The van der Waals surface area contributed by atoms with Gasteiger partial charge in [-0.15, -0.1) is 0 Å². The van der Waals surface area contributed by atoms with Crippen molar-refractivity contribution in [1.82, 2.24) is 0 Å². The van der Waals surface area contributed by atoms with E-state index in [2.05, 4.69) is 197 Å². The first-order chi connectivity index (χ1) is 46.7. The van der Waals surface area contributed by atoms with Crippen LogP contribution in [-0.4, -0.2) is 101 Å².